The zero-order chi connectivity index (χ0) is 11.4. The molecule has 0 spiro atoms. The van der Waals surface area contributed by atoms with E-state index in [0.29, 0.717) is 11.8 Å². The van der Waals surface area contributed by atoms with Crippen LogP contribution in [-0.4, -0.2) is 4.98 Å². The maximum atomic E-state index is 5.70. The molecule has 0 radical (unpaired) electrons. The monoisotopic (exact) mass is 256 g/mol. The van der Waals surface area contributed by atoms with Crippen molar-refractivity contribution in [2.24, 2.45) is 0 Å². The highest BCUT2D eigenvalue weighted by atomic mass is 35.5. The Morgan fingerprint density at radius 2 is 2.44 bits per heavy atom. The summed E-state index contributed by atoms with van der Waals surface area (Å²) >= 11 is 7.37. The number of furan rings is 1. The molecule has 1 unspecified atom stereocenters. The summed E-state index contributed by atoms with van der Waals surface area (Å²) in [6.45, 7) is 2.80. The van der Waals surface area contributed by atoms with Crippen molar-refractivity contribution in [3.63, 3.8) is 0 Å². The number of aromatic nitrogens is 1. The lowest BCUT2D eigenvalue weighted by Gasteiger charge is -2.12. The quantitative estimate of drug-likeness (QED) is 0.888. The summed E-state index contributed by atoms with van der Waals surface area (Å²) in [5, 5.41) is 6.93. The van der Waals surface area contributed by atoms with Crippen LogP contribution in [0.15, 0.2) is 28.1 Å². The van der Waals surface area contributed by atoms with E-state index in [2.05, 4.69) is 17.2 Å². The highest BCUT2D eigenvalue weighted by molar-refractivity contribution is 7.09. The van der Waals surface area contributed by atoms with Gasteiger partial charge >= 0.3 is 0 Å². The molecule has 0 amide bonds. The molecule has 0 aliphatic heterocycles. The van der Waals surface area contributed by atoms with E-state index in [1.54, 1.807) is 17.4 Å². The highest BCUT2D eigenvalue weighted by Crippen LogP contribution is 2.20. The van der Waals surface area contributed by atoms with Gasteiger partial charge in [-0.1, -0.05) is 6.92 Å². The Bertz CT molecular complexity index is 427. The molecule has 2 aromatic heterocycles. The van der Waals surface area contributed by atoms with E-state index < -0.39 is 0 Å². The van der Waals surface area contributed by atoms with Gasteiger partial charge in [-0.3, -0.25) is 0 Å². The molecule has 0 bridgehead atoms. The first kappa shape index (κ1) is 11.6. The summed E-state index contributed by atoms with van der Waals surface area (Å²) < 4.78 is 5.28. The highest BCUT2D eigenvalue weighted by Gasteiger charge is 2.11. The van der Waals surface area contributed by atoms with Crippen LogP contribution >= 0.6 is 22.9 Å². The predicted molar refractivity (Wildman–Crippen MR) is 65.7 cm³/mol. The number of hydrogen-bond acceptors (Lipinski definition) is 4. The van der Waals surface area contributed by atoms with Gasteiger partial charge in [0, 0.05) is 11.6 Å². The van der Waals surface area contributed by atoms with Crippen molar-refractivity contribution < 1.29 is 4.42 Å². The Labute approximate surface area is 103 Å². The van der Waals surface area contributed by atoms with Crippen molar-refractivity contribution >= 4 is 22.9 Å². The van der Waals surface area contributed by atoms with Gasteiger partial charge in [0.25, 0.3) is 0 Å². The molecule has 0 aliphatic carbocycles. The first-order valence-corrected chi connectivity index (χ1v) is 6.42. The molecular weight excluding hydrogens is 244 g/mol. The fourth-order valence-corrected chi connectivity index (χ4v) is 2.44. The van der Waals surface area contributed by atoms with Crippen molar-refractivity contribution in [3.05, 3.63) is 39.7 Å². The van der Waals surface area contributed by atoms with Crippen molar-refractivity contribution in [2.45, 2.75) is 25.9 Å². The van der Waals surface area contributed by atoms with E-state index in [1.807, 2.05) is 17.6 Å². The number of nitrogens with one attached hydrogen (secondary N) is 1. The maximum Gasteiger partial charge on any atom is 0.193 e. The van der Waals surface area contributed by atoms with Crippen LogP contribution < -0.4 is 5.32 Å². The third-order valence-corrected chi connectivity index (χ3v) is 3.40. The van der Waals surface area contributed by atoms with E-state index >= 15 is 0 Å². The van der Waals surface area contributed by atoms with E-state index in [4.69, 9.17) is 16.0 Å². The first-order chi connectivity index (χ1) is 7.79. The largest absolute Gasteiger partial charge is 0.448 e. The third kappa shape index (κ3) is 2.84. The minimum Gasteiger partial charge on any atom is -0.448 e. The van der Waals surface area contributed by atoms with Gasteiger partial charge in [0.05, 0.1) is 12.6 Å². The van der Waals surface area contributed by atoms with E-state index in [0.717, 1.165) is 17.2 Å². The summed E-state index contributed by atoms with van der Waals surface area (Å²) in [6, 6.07) is 3.91. The van der Waals surface area contributed by atoms with Gasteiger partial charge in [0.2, 0.25) is 0 Å². The fourth-order valence-electron chi connectivity index (χ4n) is 1.48. The molecule has 0 fully saturated rings. The lowest BCUT2D eigenvalue weighted by atomic mass is 10.2. The Balaban J connectivity index is 1.93. The maximum absolute atomic E-state index is 5.70. The second-order valence-electron chi connectivity index (χ2n) is 3.42. The molecule has 0 aromatic carbocycles. The average molecular weight is 257 g/mol. The van der Waals surface area contributed by atoms with Crippen LogP contribution in [0.2, 0.25) is 5.22 Å². The predicted octanol–water partition coefficient (Wildman–Crippen LogP) is 3.63. The second-order valence-corrected chi connectivity index (χ2v) is 4.72. The summed E-state index contributed by atoms with van der Waals surface area (Å²) in [5.74, 6) is 0.847. The molecule has 3 nitrogen and oxygen atoms in total. The molecule has 0 saturated carbocycles. The smallest absolute Gasteiger partial charge is 0.193 e. The summed E-state index contributed by atoms with van der Waals surface area (Å²) in [7, 11) is 0. The standard InChI is InChI=1S/C11H13ClN2OS/c1-2-9(11-13-5-6-16-11)14-7-8-3-4-10(12)15-8/h3-6,9,14H,2,7H2,1H3. The minimum absolute atomic E-state index is 0.281. The Kier molecular flexibility index (Phi) is 3.98. The van der Waals surface area contributed by atoms with E-state index in [-0.39, 0.29) is 6.04 Å². The van der Waals surface area contributed by atoms with Crippen LogP contribution in [0.3, 0.4) is 0 Å². The van der Waals surface area contributed by atoms with Gasteiger partial charge in [-0.05, 0) is 30.2 Å². The van der Waals surface area contributed by atoms with Gasteiger partial charge in [0.15, 0.2) is 5.22 Å². The topological polar surface area (TPSA) is 38.1 Å². The molecule has 86 valence electrons. The van der Waals surface area contributed by atoms with Gasteiger partial charge < -0.3 is 9.73 Å². The Morgan fingerprint density at radius 3 is 3.00 bits per heavy atom. The zero-order valence-electron chi connectivity index (χ0n) is 8.94. The molecular formula is C11H13ClN2OS. The van der Waals surface area contributed by atoms with Gasteiger partial charge in [-0.2, -0.15) is 0 Å². The van der Waals surface area contributed by atoms with Crippen LogP contribution in [-0.2, 0) is 6.54 Å². The van der Waals surface area contributed by atoms with Crippen LogP contribution in [0.4, 0.5) is 0 Å². The van der Waals surface area contributed by atoms with Gasteiger partial charge in [-0.15, -0.1) is 11.3 Å². The van der Waals surface area contributed by atoms with Crippen molar-refractivity contribution in [3.8, 4) is 0 Å². The molecule has 0 saturated heterocycles. The number of hydrogen-bond donors (Lipinski definition) is 1. The summed E-state index contributed by atoms with van der Waals surface area (Å²) in [4.78, 5) is 4.30. The third-order valence-electron chi connectivity index (χ3n) is 2.31. The molecule has 2 rings (SSSR count). The number of halogens is 1. The summed E-state index contributed by atoms with van der Waals surface area (Å²) in [6.07, 6.45) is 2.83. The second kappa shape index (κ2) is 5.48. The van der Waals surface area contributed by atoms with Crippen LogP contribution in [0.25, 0.3) is 0 Å². The molecule has 2 aromatic rings. The van der Waals surface area contributed by atoms with Crippen LogP contribution in [0, 0.1) is 0 Å². The van der Waals surface area contributed by atoms with E-state index in [1.165, 1.54) is 0 Å². The van der Waals surface area contributed by atoms with Crippen LogP contribution in [0.5, 0.6) is 0 Å². The van der Waals surface area contributed by atoms with Crippen molar-refractivity contribution in [1.29, 1.82) is 0 Å². The molecule has 0 aliphatic rings. The number of rotatable bonds is 5. The molecule has 1 atom stereocenters. The average Bonchev–Trinajstić information content (AvgIpc) is 2.91. The van der Waals surface area contributed by atoms with Gasteiger partial charge in [-0.25, -0.2) is 4.98 Å². The Morgan fingerprint density at radius 1 is 1.56 bits per heavy atom. The molecule has 5 heteroatoms. The molecule has 1 N–H and O–H groups in total. The molecule has 16 heavy (non-hydrogen) atoms. The zero-order valence-corrected chi connectivity index (χ0v) is 10.5. The van der Waals surface area contributed by atoms with E-state index in [9.17, 15) is 0 Å². The fraction of sp³-hybridized carbons (Fsp3) is 0.364. The lowest BCUT2D eigenvalue weighted by molar-refractivity contribution is 0.443. The Hall–Kier alpha value is -0.840. The lowest BCUT2D eigenvalue weighted by Crippen LogP contribution is -2.19. The first-order valence-electron chi connectivity index (χ1n) is 5.16. The van der Waals surface area contributed by atoms with Crippen molar-refractivity contribution in [2.75, 3.05) is 0 Å². The van der Waals surface area contributed by atoms with Crippen LogP contribution in [0.1, 0.15) is 30.2 Å². The van der Waals surface area contributed by atoms with Crippen molar-refractivity contribution in [1.82, 2.24) is 10.3 Å². The minimum atomic E-state index is 0.281. The number of nitrogens with zero attached hydrogens (tertiary/aromatic N) is 1. The number of thiazole rings is 1. The molecule has 2 heterocycles. The van der Waals surface area contributed by atoms with Gasteiger partial charge in [0.1, 0.15) is 10.8 Å². The normalized spacial score (nSPS) is 12.9. The SMILES string of the molecule is CCC(NCc1ccc(Cl)o1)c1nccs1. The summed E-state index contributed by atoms with van der Waals surface area (Å²) in [5.41, 5.74) is 0.